The van der Waals surface area contributed by atoms with Crippen molar-refractivity contribution >= 4 is 17.9 Å². The Morgan fingerprint density at radius 2 is 0.443 bits per heavy atom. The molecule has 6 heteroatoms. The first-order valence-corrected chi connectivity index (χ1v) is 27.5. The van der Waals surface area contributed by atoms with Crippen LogP contribution in [0.25, 0.3) is 0 Å². The maximum Gasteiger partial charge on any atom is 0.306 e. The third-order valence-corrected chi connectivity index (χ3v) is 12.6. The van der Waals surface area contributed by atoms with Gasteiger partial charge in [-0.1, -0.05) is 278 Å². The smallest absolute Gasteiger partial charge is 0.306 e. The Hall–Kier alpha value is -1.59. The summed E-state index contributed by atoms with van der Waals surface area (Å²) in [5, 5.41) is 0. The quantitative estimate of drug-likeness (QED) is 0.0344. The molecule has 6 nitrogen and oxygen atoms in total. The highest BCUT2D eigenvalue weighted by Crippen LogP contribution is 2.17. The van der Waals surface area contributed by atoms with Crippen molar-refractivity contribution in [3.05, 3.63) is 0 Å². The third-order valence-electron chi connectivity index (χ3n) is 12.6. The summed E-state index contributed by atoms with van der Waals surface area (Å²) in [7, 11) is 0. The van der Waals surface area contributed by atoms with E-state index in [-0.39, 0.29) is 31.1 Å². The normalized spacial score (nSPS) is 11.9. The Morgan fingerprint density at radius 1 is 0.262 bits per heavy atom. The first kappa shape index (κ1) is 59.4. The van der Waals surface area contributed by atoms with E-state index in [9.17, 15) is 14.4 Å². The molecule has 0 saturated carbocycles. The second kappa shape index (κ2) is 51.0. The van der Waals surface area contributed by atoms with Crippen molar-refractivity contribution in [2.75, 3.05) is 13.2 Å². The van der Waals surface area contributed by atoms with Crippen LogP contribution >= 0.6 is 0 Å². The Bertz CT molecular complexity index is 905. The van der Waals surface area contributed by atoms with Crippen LogP contribution in [-0.4, -0.2) is 37.2 Å². The summed E-state index contributed by atoms with van der Waals surface area (Å²) in [6.07, 6.45) is 55.1. The van der Waals surface area contributed by atoms with Gasteiger partial charge in [0.15, 0.2) is 6.10 Å². The van der Waals surface area contributed by atoms with E-state index < -0.39 is 6.10 Å². The van der Waals surface area contributed by atoms with Crippen molar-refractivity contribution < 1.29 is 28.6 Å². The number of esters is 3. The van der Waals surface area contributed by atoms with E-state index in [1.54, 1.807) is 0 Å². The molecule has 0 saturated heterocycles. The number of carbonyl (C=O) groups is 3. The number of rotatable bonds is 51. The number of unbranched alkanes of at least 4 members (excludes halogenated alkanes) is 40. The lowest BCUT2D eigenvalue weighted by atomic mass is 10.0. The molecule has 0 aromatic heterocycles. The molecule has 0 aliphatic carbocycles. The van der Waals surface area contributed by atoms with Crippen LogP contribution in [-0.2, 0) is 28.6 Å². The first-order valence-electron chi connectivity index (χ1n) is 27.5. The molecule has 0 aromatic rings. The summed E-state index contributed by atoms with van der Waals surface area (Å²) in [4.78, 5) is 38.0. The van der Waals surface area contributed by atoms with Crippen LogP contribution in [0.15, 0.2) is 0 Å². The van der Waals surface area contributed by atoms with Crippen LogP contribution in [0.4, 0.5) is 0 Å². The predicted molar refractivity (Wildman–Crippen MR) is 261 cm³/mol. The van der Waals surface area contributed by atoms with Crippen LogP contribution in [0.5, 0.6) is 0 Å². The predicted octanol–water partition coefficient (Wildman–Crippen LogP) is 18.0. The lowest BCUT2D eigenvalue weighted by molar-refractivity contribution is -0.167. The van der Waals surface area contributed by atoms with Gasteiger partial charge in [-0.15, -0.1) is 0 Å². The SMILES string of the molecule is CCCCCCCCCCCCCCCCCCC(=O)OC[C@@H](COC(=O)CCCCCCCCCCCCCCCCC)OC(=O)CCCCCCCCCCCCCC. The van der Waals surface area contributed by atoms with Crippen molar-refractivity contribution in [1.29, 1.82) is 0 Å². The van der Waals surface area contributed by atoms with Crippen molar-refractivity contribution in [2.45, 2.75) is 322 Å². The van der Waals surface area contributed by atoms with Gasteiger partial charge in [-0.25, -0.2) is 0 Å². The maximum absolute atomic E-state index is 12.8. The molecule has 0 spiro atoms. The molecule has 0 aliphatic rings. The summed E-state index contributed by atoms with van der Waals surface area (Å²) in [6.45, 7) is 6.69. The molecule has 0 radical (unpaired) electrons. The van der Waals surface area contributed by atoms with Gasteiger partial charge in [-0.3, -0.25) is 14.4 Å². The average molecular weight is 863 g/mol. The monoisotopic (exact) mass is 863 g/mol. The molecule has 0 amide bonds. The van der Waals surface area contributed by atoms with E-state index in [0.29, 0.717) is 19.3 Å². The van der Waals surface area contributed by atoms with E-state index in [4.69, 9.17) is 14.2 Å². The van der Waals surface area contributed by atoms with Crippen molar-refractivity contribution in [1.82, 2.24) is 0 Å². The molecule has 61 heavy (non-hydrogen) atoms. The number of hydrogen-bond donors (Lipinski definition) is 0. The molecular formula is C55H106O6. The van der Waals surface area contributed by atoms with Gasteiger partial charge in [-0.2, -0.15) is 0 Å². The number of ether oxygens (including phenoxy) is 3. The molecule has 362 valence electrons. The van der Waals surface area contributed by atoms with Crippen molar-refractivity contribution in [2.24, 2.45) is 0 Å². The number of carbonyl (C=O) groups excluding carboxylic acids is 3. The fourth-order valence-electron chi connectivity index (χ4n) is 8.45. The zero-order valence-corrected chi connectivity index (χ0v) is 41.5. The van der Waals surface area contributed by atoms with Crippen molar-refractivity contribution in [3.8, 4) is 0 Å². The summed E-state index contributed by atoms with van der Waals surface area (Å²) in [6, 6.07) is 0. The van der Waals surface area contributed by atoms with Gasteiger partial charge in [0.25, 0.3) is 0 Å². The molecule has 0 rings (SSSR count). The molecule has 0 bridgehead atoms. The van der Waals surface area contributed by atoms with Crippen LogP contribution in [0, 0.1) is 0 Å². The minimum Gasteiger partial charge on any atom is -0.462 e. The first-order chi connectivity index (χ1) is 30.0. The molecule has 0 N–H and O–H groups in total. The summed E-state index contributed by atoms with van der Waals surface area (Å²) in [5.74, 6) is -0.836. The largest absolute Gasteiger partial charge is 0.462 e. The van der Waals surface area contributed by atoms with Gasteiger partial charge < -0.3 is 14.2 Å². The van der Waals surface area contributed by atoms with Crippen molar-refractivity contribution in [3.63, 3.8) is 0 Å². The lowest BCUT2D eigenvalue weighted by Crippen LogP contribution is -2.30. The highest BCUT2D eigenvalue weighted by molar-refractivity contribution is 5.71. The van der Waals surface area contributed by atoms with Gasteiger partial charge in [0, 0.05) is 19.3 Å². The Balaban J connectivity index is 4.27. The average Bonchev–Trinajstić information content (AvgIpc) is 3.26. The van der Waals surface area contributed by atoms with Gasteiger partial charge in [-0.05, 0) is 19.3 Å². The van der Waals surface area contributed by atoms with Gasteiger partial charge in [0.05, 0.1) is 0 Å². The summed E-state index contributed by atoms with van der Waals surface area (Å²) >= 11 is 0. The van der Waals surface area contributed by atoms with E-state index >= 15 is 0 Å². The molecule has 0 aromatic carbocycles. The molecule has 1 atom stereocenters. The standard InChI is InChI=1S/C55H106O6/c1-4-7-10-13-16-19-22-25-27-29-31-34-36-39-42-45-48-54(57)60-51-52(61-55(58)49-46-43-40-37-32-24-21-18-15-12-9-6-3)50-59-53(56)47-44-41-38-35-33-30-28-26-23-20-17-14-11-8-5-2/h52H,4-51H2,1-3H3/t52-/m1/s1. The van der Waals surface area contributed by atoms with Gasteiger partial charge in [0.2, 0.25) is 0 Å². The molecular weight excluding hydrogens is 757 g/mol. The highest BCUT2D eigenvalue weighted by atomic mass is 16.6. The Kier molecular flexibility index (Phi) is 49.7. The summed E-state index contributed by atoms with van der Waals surface area (Å²) < 4.78 is 16.8. The van der Waals surface area contributed by atoms with Crippen LogP contribution < -0.4 is 0 Å². The van der Waals surface area contributed by atoms with Gasteiger partial charge in [0.1, 0.15) is 13.2 Å². The highest BCUT2D eigenvalue weighted by Gasteiger charge is 2.19. The van der Waals surface area contributed by atoms with E-state index in [0.717, 1.165) is 57.8 Å². The zero-order valence-electron chi connectivity index (χ0n) is 41.5. The Labute approximate surface area is 380 Å². The molecule has 0 unspecified atom stereocenters. The minimum absolute atomic E-state index is 0.0614. The van der Waals surface area contributed by atoms with Gasteiger partial charge >= 0.3 is 17.9 Å². The second-order valence-electron chi connectivity index (χ2n) is 18.9. The van der Waals surface area contributed by atoms with Crippen LogP contribution in [0.3, 0.4) is 0 Å². The molecule has 0 aliphatic heterocycles. The second-order valence-corrected chi connectivity index (χ2v) is 18.9. The fraction of sp³-hybridized carbons (Fsp3) is 0.945. The molecule has 0 heterocycles. The maximum atomic E-state index is 12.8. The van der Waals surface area contributed by atoms with E-state index in [1.807, 2.05) is 0 Å². The van der Waals surface area contributed by atoms with E-state index in [1.165, 1.54) is 218 Å². The zero-order chi connectivity index (χ0) is 44.4. The molecule has 0 fully saturated rings. The topological polar surface area (TPSA) is 78.9 Å². The number of hydrogen-bond acceptors (Lipinski definition) is 6. The third kappa shape index (κ3) is 49.3. The van der Waals surface area contributed by atoms with E-state index in [2.05, 4.69) is 20.8 Å². The minimum atomic E-state index is -0.760. The fourth-order valence-corrected chi connectivity index (χ4v) is 8.45. The summed E-state index contributed by atoms with van der Waals surface area (Å²) in [5.41, 5.74) is 0. The lowest BCUT2D eigenvalue weighted by Gasteiger charge is -2.18. The van der Waals surface area contributed by atoms with Crippen LogP contribution in [0.1, 0.15) is 316 Å². The Morgan fingerprint density at radius 3 is 0.656 bits per heavy atom. The van der Waals surface area contributed by atoms with Crippen LogP contribution in [0.2, 0.25) is 0 Å².